The third-order valence-corrected chi connectivity index (χ3v) is 5.45. The number of benzene rings is 1. The van der Waals surface area contributed by atoms with E-state index in [0.29, 0.717) is 23.6 Å². The topological polar surface area (TPSA) is 61.9 Å². The Labute approximate surface area is 175 Å². The SMILES string of the molecule is C=C(/C=C(\NC)Nc1nc(Nc2cc(C(C)C)ccc2C)ncc1Br)C1CC1. The summed E-state index contributed by atoms with van der Waals surface area (Å²) in [4.78, 5) is 9.06. The first-order valence-electron chi connectivity index (χ1n) is 9.62. The van der Waals surface area contributed by atoms with Gasteiger partial charge in [-0.25, -0.2) is 4.98 Å². The Kier molecular flexibility index (Phi) is 6.39. The zero-order valence-electron chi connectivity index (χ0n) is 16.9. The van der Waals surface area contributed by atoms with Crippen LogP contribution in [0.4, 0.5) is 17.5 Å². The summed E-state index contributed by atoms with van der Waals surface area (Å²) in [5.41, 5.74) is 4.59. The van der Waals surface area contributed by atoms with Crippen LogP contribution >= 0.6 is 15.9 Å². The normalized spacial score (nSPS) is 14.1. The highest BCUT2D eigenvalue weighted by molar-refractivity contribution is 9.10. The summed E-state index contributed by atoms with van der Waals surface area (Å²) in [6.45, 7) is 10.6. The average Bonchev–Trinajstić information content (AvgIpc) is 3.50. The van der Waals surface area contributed by atoms with E-state index in [1.54, 1.807) is 6.20 Å². The summed E-state index contributed by atoms with van der Waals surface area (Å²) in [7, 11) is 1.88. The predicted molar refractivity (Wildman–Crippen MR) is 121 cm³/mol. The lowest BCUT2D eigenvalue weighted by molar-refractivity contribution is 0.866. The molecule has 6 heteroatoms. The summed E-state index contributed by atoms with van der Waals surface area (Å²) in [5, 5.41) is 9.86. The minimum atomic E-state index is 0.465. The van der Waals surface area contributed by atoms with Gasteiger partial charge in [0.1, 0.15) is 5.82 Å². The first-order chi connectivity index (χ1) is 13.4. The van der Waals surface area contributed by atoms with Crippen LogP contribution in [-0.4, -0.2) is 17.0 Å². The van der Waals surface area contributed by atoms with Gasteiger partial charge in [-0.3, -0.25) is 0 Å². The van der Waals surface area contributed by atoms with Gasteiger partial charge >= 0.3 is 0 Å². The molecular formula is C22H28BrN5. The third-order valence-electron chi connectivity index (χ3n) is 4.87. The van der Waals surface area contributed by atoms with E-state index in [9.17, 15) is 0 Å². The minimum Gasteiger partial charge on any atom is -0.375 e. The standard InChI is InChI=1S/C22H28BrN5/c1-13(2)17-7-6-14(3)19(11-17)26-22-25-12-18(23)21(28-22)27-20(24-5)10-15(4)16-8-9-16/h6-7,10-13,16,24H,4,8-9H2,1-3,5H3,(H2,25,26,27,28)/b20-10+. The third kappa shape index (κ3) is 5.13. The number of hydrogen-bond acceptors (Lipinski definition) is 5. The van der Waals surface area contributed by atoms with Crippen molar-refractivity contribution in [3.63, 3.8) is 0 Å². The summed E-state index contributed by atoms with van der Waals surface area (Å²) in [6.07, 6.45) is 6.26. The first-order valence-corrected chi connectivity index (χ1v) is 10.4. The molecule has 1 fully saturated rings. The van der Waals surface area contributed by atoms with Gasteiger partial charge in [0, 0.05) is 18.9 Å². The number of hydrogen-bond donors (Lipinski definition) is 3. The highest BCUT2D eigenvalue weighted by atomic mass is 79.9. The second-order valence-corrected chi connectivity index (χ2v) is 8.38. The van der Waals surface area contributed by atoms with Crippen LogP contribution in [0.15, 0.2) is 52.9 Å². The highest BCUT2D eigenvalue weighted by Crippen LogP contribution is 2.36. The van der Waals surface area contributed by atoms with Crippen LogP contribution in [0.2, 0.25) is 0 Å². The fourth-order valence-electron chi connectivity index (χ4n) is 2.82. The maximum Gasteiger partial charge on any atom is 0.229 e. The van der Waals surface area contributed by atoms with E-state index >= 15 is 0 Å². The molecule has 1 saturated carbocycles. The lowest BCUT2D eigenvalue weighted by Gasteiger charge is -2.15. The van der Waals surface area contributed by atoms with Crippen molar-refractivity contribution in [1.82, 2.24) is 15.3 Å². The smallest absolute Gasteiger partial charge is 0.229 e. The molecule has 3 rings (SSSR count). The second-order valence-electron chi connectivity index (χ2n) is 7.53. The van der Waals surface area contributed by atoms with E-state index in [1.165, 1.54) is 18.4 Å². The van der Waals surface area contributed by atoms with Gasteiger partial charge in [-0.1, -0.05) is 32.6 Å². The van der Waals surface area contributed by atoms with E-state index in [-0.39, 0.29) is 0 Å². The molecule has 1 aliphatic carbocycles. The monoisotopic (exact) mass is 441 g/mol. The number of anilines is 3. The van der Waals surface area contributed by atoms with Gasteiger partial charge < -0.3 is 16.0 Å². The molecule has 0 spiro atoms. The highest BCUT2D eigenvalue weighted by Gasteiger charge is 2.23. The second kappa shape index (κ2) is 8.78. The summed E-state index contributed by atoms with van der Waals surface area (Å²) < 4.78 is 0.795. The Bertz CT molecular complexity index is 900. The number of nitrogens with zero attached hydrogens (tertiary/aromatic N) is 2. The number of aryl methyl sites for hydroxylation is 1. The fraction of sp³-hybridized carbons (Fsp3) is 0.364. The average molecular weight is 442 g/mol. The molecule has 0 bridgehead atoms. The van der Waals surface area contributed by atoms with Gasteiger partial charge in [0.2, 0.25) is 5.95 Å². The van der Waals surface area contributed by atoms with Crippen molar-refractivity contribution in [1.29, 1.82) is 0 Å². The van der Waals surface area contributed by atoms with Gasteiger partial charge in [-0.05, 0) is 76.4 Å². The van der Waals surface area contributed by atoms with Gasteiger partial charge in [-0.15, -0.1) is 0 Å². The van der Waals surface area contributed by atoms with Crippen LogP contribution in [-0.2, 0) is 0 Å². The van der Waals surface area contributed by atoms with Crippen LogP contribution in [0, 0.1) is 12.8 Å². The summed E-state index contributed by atoms with van der Waals surface area (Å²) in [6, 6.07) is 6.45. The van der Waals surface area contributed by atoms with Crippen molar-refractivity contribution in [2.24, 2.45) is 5.92 Å². The zero-order chi connectivity index (χ0) is 20.3. The molecule has 0 saturated heterocycles. The summed E-state index contributed by atoms with van der Waals surface area (Å²) in [5.74, 6) is 3.19. The van der Waals surface area contributed by atoms with Crippen LogP contribution in [0.3, 0.4) is 0 Å². The van der Waals surface area contributed by atoms with Crippen LogP contribution in [0.25, 0.3) is 0 Å². The Morgan fingerprint density at radius 1 is 1.32 bits per heavy atom. The van der Waals surface area contributed by atoms with Gasteiger partial charge in [0.05, 0.1) is 4.47 Å². The number of nitrogens with one attached hydrogen (secondary N) is 3. The number of rotatable bonds is 8. The van der Waals surface area contributed by atoms with Gasteiger partial charge in [0.15, 0.2) is 5.82 Å². The van der Waals surface area contributed by atoms with Crippen LogP contribution in [0.5, 0.6) is 0 Å². The van der Waals surface area contributed by atoms with E-state index < -0.39 is 0 Å². The predicted octanol–water partition coefficient (Wildman–Crippen LogP) is 5.85. The molecule has 148 valence electrons. The van der Waals surface area contributed by atoms with E-state index in [2.05, 4.69) is 93.5 Å². The van der Waals surface area contributed by atoms with E-state index in [0.717, 1.165) is 27.1 Å². The number of halogens is 1. The molecule has 5 nitrogen and oxygen atoms in total. The molecule has 0 radical (unpaired) electrons. The molecule has 1 heterocycles. The fourth-order valence-corrected chi connectivity index (χ4v) is 3.11. The Balaban J connectivity index is 1.81. The molecule has 0 amide bonds. The molecule has 1 aliphatic rings. The zero-order valence-corrected chi connectivity index (χ0v) is 18.5. The molecule has 2 aromatic rings. The van der Waals surface area contributed by atoms with Gasteiger partial charge in [-0.2, -0.15) is 4.98 Å². The maximum absolute atomic E-state index is 4.65. The molecule has 0 atom stereocenters. The van der Waals surface area contributed by atoms with Crippen molar-refractivity contribution < 1.29 is 0 Å². The Morgan fingerprint density at radius 2 is 2.07 bits per heavy atom. The summed E-state index contributed by atoms with van der Waals surface area (Å²) >= 11 is 3.53. The van der Waals surface area contributed by atoms with Crippen LogP contribution in [0.1, 0.15) is 43.7 Å². The Hall–Kier alpha value is -2.34. The van der Waals surface area contributed by atoms with Gasteiger partial charge in [0.25, 0.3) is 0 Å². The molecule has 0 unspecified atom stereocenters. The molecule has 1 aromatic carbocycles. The molecule has 3 N–H and O–H groups in total. The lowest BCUT2D eigenvalue weighted by atomic mass is 10.0. The van der Waals surface area contributed by atoms with E-state index in [4.69, 9.17) is 0 Å². The van der Waals surface area contributed by atoms with Crippen molar-refractivity contribution in [3.05, 3.63) is 64.0 Å². The van der Waals surface area contributed by atoms with Crippen molar-refractivity contribution in [3.8, 4) is 0 Å². The molecule has 0 aliphatic heterocycles. The van der Waals surface area contributed by atoms with Crippen molar-refractivity contribution in [2.75, 3.05) is 17.7 Å². The molecule has 28 heavy (non-hydrogen) atoms. The van der Waals surface area contributed by atoms with Crippen LogP contribution < -0.4 is 16.0 Å². The first kappa shape index (κ1) is 20.4. The lowest BCUT2D eigenvalue weighted by Crippen LogP contribution is -2.16. The molecular weight excluding hydrogens is 414 g/mol. The van der Waals surface area contributed by atoms with Crippen molar-refractivity contribution >= 4 is 33.4 Å². The minimum absolute atomic E-state index is 0.465. The number of aromatic nitrogens is 2. The molecule has 1 aromatic heterocycles. The quantitative estimate of drug-likeness (QED) is 0.448. The van der Waals surface area contributed by atoms with E-state index in [1.807, 2.05) is 7.05 Å². The van der Waals surface area contributed by atoms with Crippen molar-refractivity contribution in [2.45, 2.75) is 39.5 Å². The Morgan fingerprint density at radius 3 is 2.71 bits per heavy atom. The largest absolute Gasteiger partial charge is 0.375 e. The maximum atomic E-state index is 4.65. The number of allylic oxidation sites excluding steroid dienone is 2.